The highest BCUT2D eigenvalue weighted by molar-refractivity contribution is 5.25. The quantitative estimate of drug-likeness (QED) is 0.800. The van der Waals surface area contributed by atoms with Crippen molar-refractivity contribution in [1.82, 2.24) is 10.3 Å². The van der Waals surface area contributed by atoms with E-state index in [1.807, 2.05) is 12.1 Å². The maximum absolute atomic E-state index is 5.29. The lowest BCUT2D eigenvalue weighted by atomic mass is 10.2. The van der Waals surface area contributed by atoms with E-state index >= 15 is 0 Å². The van der Waals surface area contributed by atoms with Gasteiger partial charge >= 0.3 is 0 Å². The molecular formula is C11H16N2O2. The van der Waals surface area contributed by atoms with E-state index in [4.69, 9.17) is 9.47 Å². The van der Waals surface area contributed by atoms with Gasteiger partial charge < -0.3 is 14.8 Å². The summed E-state index contributed by atoms with van der Waals surface area (Å²) in [5, 5.41) is 3.43. The van der Waals surface area contributed by atoms with Gasteiger partial charge in [-0.05, 0) is 12.5 Å². The van der Waals surface area contributed by atoms with E-state index in [-0.39, 0.29) is 0 Å². The fourth-order valence-electron chi connectivity index (χ4n) is 1.69. The summed E-state index contributed by atoms with van der Waals surface area (Å²) in [6, 6.07) is 4.41. The van der Waals surface area contributed by atoms with Gasteiger partial charge in [0.2, 0.25) is 5.88 Å². The van der Waals surface area contributed by atoms with E-state index in [0.29, 0.717) is 11.9 Å². The minimum atomic E-state index is 0.468. The van der Waals surface area contributed by atoms with E-state index in [1.54, 1.807) is 13.3 Å². The van der Waals surface area contributed by atoms with Crippen LogP contribution in [0.3, 0.4) is 0 Å². The zero-order chi connectivity index (χ0) is 10.5. The average molecular weight is 208 g/mol. The Labute approximate surface area is 89.6 Å². The Kier molecular flexibility index (Phi) is 3.53. The third kappa shape index (κ3) is 2.67. The van der Waals surface area contributed by atoms with Crippen molar-refractivity contribution in [3.05, 3.63) is 23.9 Å². The molecule has 1 aliphatic heterocycles. The van der Waals surface area contributed by atoms with Gasteiger partial charge in [-0.2, -0.15) is 0 Å². The van der Waals surface area contributed by atoms with Crippen molar-refractivity contribution in [2.24, 2.45) is 0 Å². The summed E-state index contributed by atoms with van der Waals surface area (Å²) in [6.07, 6.45) is 2.82. The van der Waals surface area contributed by atoms with E-state index in [9.17, 15) is 0 Å². The fourth-order valence-corrected chi connectivity index (χ4v) is 1.69. The number of methoxy groups -OCH3 is 1. The lowest BCUT2D eigenvalue weighted by molar-refractivity contribution is 0.189. The number of rotatable bonds is 4. The van der Waals surface area contributed by atoms with Gasteiger partial charge in [-0.1, -0.05) is 6.07 Å². The molecule has 1 aliphatic rings. The molecule has 0 amide bonds. The number of ether oxygens (including phenoxy) is 2. The SMILES string of the molecule is COc1ncccc1CNC1CCOC1. The molecule has 1 N–H and O–H groups in total. The van der Waals surface area contributed by atoms with Crippen molar-refractivity contribution in [3.8, 4) is 5.88 Å². The molecule has 1 fully saturated rings. The minimum Gasteiger partial charge on any atom is -0.481 e. The molecule has 4 nitrogen and oxygen atoms in total. The molecule has 4 heteroatoms. The van der Waals surface area contributed by atoms with E-state index in [2.05, 4.69) is 10.3 Å². The van der Waals surface area contributed by atoms with Crippen LogP contribution in [0.4, 0.5) is 0 Å². The van der Waals surface area contributed by atoms with Crippen LogP contribution in [-0.2, 0) is 11.3 Å². The number of hydrogen-bond acceptors (Lipinski definition) is 4. The maximum Gasteiger partial charge on any atom is 0.217 e. The maximum atomic E-state index is 5.29. The standard InChI is InChI=1S/C11H16N2O2/c1-14-11-9(3-2-5-12-11)7-13-10-4-6-15-8-10/h2-3,5,10,13H,4,6-8H2,1H3. The first-order valence-electron chi connectivity index (χ1n) is 5.19. The second-order valence-electron chi connectivity index (χ2n) is 3.61. The lowest BCUT2D eigenvalue weighted by Gasteiger charge is -2.11. The van der Waals surface area contributed by atoms with Crippen molar-refractivity contribution in [2.75, 3.05) is 20.3 Å². The van der Waals surface area contributed by atoms with E-state index in [1.165, 1.54) is 0 Å². The van der Waals surface area contributed by atoms with Crippen molar-refractivity contribution >= 4 is 0 Å². The molecule has 1 atom stereocenters. The molecule has 1 aromatic heterocycles. The lowest BCUT2D eigenvalue weighted by Crippen LogP contribution is -2.28. The molecule has 1 aromatic rings. The molecule has 2 rings (SSSR count). The normalized spacial score (nSPS) is 20.5. The fraction of sp³-hybridized carbons (Fsp3) is 0.545. The highest BCUT2D eigenvalue weighted by atomic mass is 16.5. The third-order valence-electron chi connectivity index (χ3n) is 2.55. The zero-order valence-electron chi connectivity index (χ0n) is 8.90. The van der Waals surface area contributed by atoms with Gasteiger partial charge in [-0.15, -0.1) is 0 Å². The molecule has 1 unspecified atom stereocenters. The van der Waals surface area contributed by atoms with Gasteiger partial charge in [-0.25, -0.2) is 4.98 Å². The highest BCUT2D eigenvalue weighted by Gasteiger charge is 2.15. The first-order valence-corrected chi connectivity index (χ1v) is 5.19. The predicted octanol–water partition coefficient (Wildman–Crippen LogP) is 0.969. The summed E-state index contributed by atoms with van der Waals surface area (Å²) in [6.45, 7) is 2.45. The molecule has 82 valence electrons. The van der Waals surface area contributed by atoms with Crippen LogP contribution in [0.15, 0.2) is 18.3 Å². The van der Waals surface area contributed by atoms with Crippen LogP contribution >= 0.6 is 0 Å². The molecule has 0 aromatic carbocycles. The first kappa shape index (κ1) is 10.4. The van der Waals surface area contributed by atoms with Gasteiger partial charge in [0.25, 0.3) is 0 Å². The summed E-state index contributed by atoms with van der Waals surface area (Å²) in [5.41, 5.74) is 1.09. The van der Waals surface area contributed by atoms with Gasteiger partial charge in [0.05, 0.1) is 13.7 Å². The Hall–Kier alpha value is -1.13. The summed E-state index contributed by atoms with van der Waals surface area (Å²) >= 11 is 0. The van der Waals surface area contributed by atoms with Crippen molar-refractivity contribution in [2.45, 2.75) is 19.0 Å². The molecule has 0 spiro atoms. The summed E-state index contributed by atoms with van der Waals surface area (Å²) in [5.74, 6) is 0.698. The number of nitrogens with zero attached hydrogens (tertiary/aromatic N) is 1. The van der Waals surface area contributed by atoms with Gasteiger partial charge in [-0.3, -0.25) is 0 Å². The van der Waals surface area contributed by atoms with Gasteiger partial charge in [0.1, 0.15) is 0 Å². The van der Waals surface area contributed by atoms with Crippen LogP contribution in [0.2, 0.25) is 0 Å². The molecular weight excluding hydrogens is 192 g/mol. The Morgan fingerprint density at radius 3 is 3.33 bits per heavy atom. The first-order chi connectivity index (χ1) is 7.40. The minimum absolute atomic E-state index is 0.468. The molecule has 0 bridgehead atoms. The Morgan fingerprint density at radius 1 is 1.67 bits per heavy atom. The van der Waals surface area contributed by atoms with E-state index < -0.39 is 0 Å². The van der Waals surface area contributed by atoms with Crippen molar-refractivity contribution in [1.29, 1.82) is 0 Å². The topological polar surface area (TPSA) is 43.4 Å². The Bertz CT molecular complexity index is 311. The third-order valence-corrected chi connectivity index (χ3v) is 2.55. The highest BCUT2D eigenvalue weighted by Crippen LogP contribution is 2.14. The number of hydrogen-bond donors (Lipinski definition) is 1. The van der Waals surface area contributed by atoms with Gasteiger partial charge in [0.15, 0.2) is 0 Å². The van der Waals surface area contributed by atoms with Gasteiger partial charge in [0, 0.05) is 31.0 Å². The number of nitrogens with one attached hydrogen (secondary N) is 1. The van der Waals surface area contributed by atoms with Crippen molar-refractivity contribution < 1.29 is 9.47 Å². The molecule has 1 saturated heterocycles. The number of aromatic nitrogens is 1. The van der Waals surface area contributed by atoms with Crippen LogP contribution in [0, 0.1) is 0 Å². The molecule has 2 heterocycles. The zero-order valence-corrected chi connectivity index (χ0v) is 8.90. The molecule has 0 saturated carbocycles. The summed E-state index contributed by atoms with van der Waals surface area (Å²) < 4.78 is 10.5. The smallest absolute Gasteiger partial charge is 0.217 e. The Balaban J connectivity index is 1.91. The molecule has 0 radical (unpaired) electrons. The van der Waals surface area contributed by atoms with Crippen LogP contribution in [-0.4, -0.2) is 31.3 Å². The number of pyridine rings is 1. The largest absolute Gasteiger partial charge is 0.481 e. The molecule has 15 heavy (non-hydrogen) atoms. The van der Waals surface area contributed by atoms with Crippen LogP contribution in [0.5, 0.6) is 5.88 Å². The van der Waals surface area contributed by atoms with E-state index in [0.717, 1.165) is 31.7 Å². The second-order valence-corrected chi connectivity index (χ2v) is 3.61. The monoisotopic (exact) mass is 208 g/mol. The molecule has 0 aliphatic carbocycles. The average Bonchev–Trinajstić information content (AvgIpc) is 2.79. The van der Waals surface area contributed by atoms with Crippen LogP contribution < -0.4 is 10.1 Å². The predicted molar refractivity (Wildman–Crippen MR) is 56.9 cm³/mol. The second kappa shape index (κ2) is 5.09. The summed E-state index contributed by atoms with van der Waals surface area (Å²) in [4.78, 5) is 4.15. The Morgan fingerprint density at radius 2 is 2.60 bits per heavy atom. The van der Waals surface area contributed by atoms with Crippen molar-refractivity contribution in [3.63, 3.8) is 0 Å². The summed E-state index contributed by atoms with van der Waals surface area (Å²) in [7, 11) is 1.64. The van der Waals surface area contributed by atoms with Crippen LogP contribution in [0.25, 0.3) is 0 Å². The van der Waals surface area contributed by atoms with Crippen LogP contribution in [0.1, 0.15) is 12.0 Å².